The molecule has 0 spiro atoms. The summed E-state index contributed by atoms with van der Waals surface area (Å²) in [6.07, 6.45) is 1.85. The minimum Gasteiger partial charge on any atom is -0.508 e. The molecule has 0 fully saturated rings. The van der Waals surface area contributed by atoms with Crippen molar-refractivity contribution < 1.29 is 18.3 Å². The Bertz CT molecular complexity index is 545. The largest absolute Gasteiger partial charge is 0.508 e. The van der Waals surface area contributed by atoms with Crippen molar-refractivity contribution in [1.29, 1.82) is 0 Å². The smallest absolute Gasteiger partial charge is 0.208 e. The van der Waals surface area contributed by atoms with E-state index < -0.39 is 10.0 Å². The Morgan fingerprint density at radius 2 is 2.21 bits per heavy atom. The maximum Gasteiger partial charge on any atom is 0.208 e. The van der Waals surface area contributed by atoms with E-state index in [1.54, 1.807) is 12.1 Å². The fourth-order valence-electron chi connectivity index (χ4n) is 1.99. The molecule has 0 saturated heterocycles. The van der Waals surface area contributed by atoms with Crippen molar-refractivity contribution in [2.75, 3.05) is 26.0 Å². The third-order valence-corrected chi connectivity index (χ3v) is 3.62. The van der Waals surface area contributed by atoms with Crippen LogP contribution < -0.4 is 14.8 Å². The molecule has 7 heteroatoms. The SMILES string of the molecule is CS(=O)(=O)NCCCNC1COc2cc(O)ccc21. The van der Waals surface area contributed by atoms with Crippen LogP contribution in [0.5, 0.6) is 11.5 Å². The number of ether oxygens (including phenoxy) is 1. The highest BCUT2D eigenvalue weighted by Gasteiger charge is 2.23. The minimum absolute atomic E-state index is 0.0915. The van der Waals surface area contributed by atoms with Crippen molar-refractivity contribution in [3.8, 4) is 11.5 Å². The van der Waals surface area contributed by atoms with Crippen LogP contribution in [0.25, 0.3) is 0 Å². The predicted octanol–water partition coefficient (Wildman–Crippen LogP) is 0.355. The third-order valence-electron chi connectivity index (χ3n) is 2.89. The van der Waals surface area contributed by atoms with E-state index in [1.165, 1.54) is 0 Å². The second-order valence-corrected chi connectivity index (χ2v) is 6.39. The fourth-order valence-corrected chi connectivity index (χ4v) is 2.51. The zero-order chi connectivity index (χ0) is 13.9. The summed E-state index contributed by atoms with van der Waals surface area (Å²) in [6.45, 7) is 1.64. The van der Waals surface area contributed by atoms with Gasteiger partial charge >= 0.3 is 0 Å². The van der Waals surface area contributed by atoms with Crippen LogP contribution in [0.15, 0.2) is 18.2 Å². The molecule has 3 N–H and O–H groups in total. The van der Waals surface area contributed by atoms with Gasteiger partial charge in [0.15, 0.2) is 0 Å². The van der Waals surface area contributed by atoms with E-state index in [2.05, 4.69) is 10.0 Å². The number of benzene rings is 1. The third kappa shape index (κ3) is 4.09. The Hall–Kier alpha value is -1.31. The zero-order valence-corrected chi connectivity index (χ0v) is 11.5. The standard InChI is InChI=1S/C12H18N2O4S/c1-19(16,17)14-6-2-5-13-11-8-18-12-7-9(15)3-4-10(11)12/h3-4,7,11,13-15H,2,5-6,8H2,1H3. The summed E-state index contributed by atoms with van der Waals surface area (Å²) in [5.74, 6) is 0.892. The van der Waals surface area contributed by atoms with Gasteiger partial charge in [-0.05, 0) is 25.1 Å². The highest BCUT2D eigenvalue weighted by Crippen LogP contribution is 2.34. The summed E-state index contributed by atoms with van der Waals surface area (Å²) < 4.78 is 29.7. The van der Waals surface area contributed by atoms with Crippen LogP contribution in [-0.4, -0.2) is 39.5 Å². The molecule has 1 heterocycles. The first kappa shape index (κ1) is 14.1. The van der Waals surface area contributed by atoms with Crippen molar-refractivity contribution in [2.45, 2.75) is 12.5 Å². The summed E-state index contributed by atoms with van der Waals surface area (Å²) in [6, 6.07) is 5.16. The molecule has 0 saturated carbocycles. The van der Waals surface area contributed by atoms with Crippen LogP contribution in [0.1, 0.15) is 18.0 Å². The van der Waals surface area contributed by atoms with Gasteiger partial charge in [0.25, 0.3) is 0 Å². The van der Waals surface area contributed by atoms with Gasteiger partial charge in [0.1, 0.15) is 18.1 Å². The van der Waals surface area contributed by atoms with E-state index in [0.717, 1.165) is 11.8 Å². The molecular weight excluding hydrogens is 268 g/mol. The Balaban J connectivity index is 1.77. The Morgan fingerprint density at radius 3 is 2.95 bits per heavy atom. The van der Waals surface area contributed by atoms with E-state index in [9.17, 15) is 13.5 Å². The number of aromatic hydroxyl groups is 1. The second-order valence-electron chi connectivity index (χ2n) is 4.56. The first-order valence-corrected chi connectivity index (χ1v) is 7.98. The lowest BCUT2D eigenvalue weighted by molar-refractivity contribution is 0.310. The summed E-state index contributed by atoms with van der Waals surface area (Å²) >= 11 is 0. The van der Waals surface area contributed by atoms with Gasteiger partial charge in [0.2, 0.25) is 10.0 Å². The van der Waals surface area contributed by atoms with Gasteiger partial charge in [-0.15, -0.1) is 0 Å². The number of nitrogens with one attached hydrogen (secondary N) is 2. The molecule has 2 rings (SSSR count). The van der Waals surface area contributed by atoms with Gasteiger partial charge in [-0.25, -0.2) is 13.1 Å². The van der Waals surface area contributed by atoms with Gasteiger partial charge < -0.3 is 15.2 Å². The molecule has 1 aromatic carbocycles. The summed E-state index contributed by atoms with van der Waals surface area (Å²) in [4.78, 5) is 0. The monoisotopic (exact) mass is 286 g/mol. The molecule has 0 amide bonds. The average molecular weight is 286 g/mol. The molecule has 1 aromatic rings. The van der Waals surface area contributed by atoms with Crippen molar-refractivity contribution >= 4 is 10.0 Å². The van der Waals surface area contributed by atoms with Crippen molar-refractivity contribution in [3.63, 3.8) is 0 Å². The maximum absolute atomic E-state index is 10.9. The first-order chi connectivity index (χ1) is 8.96. The molecule has 1 atom stereocenters. The second kappa shape index (κ2) is 5.77. The Morgan fingerprint density at radius 1 is 1.42 bits per heavy atom. The van der Waals surface area contributed by atoms with Gasteiger partial charge in [-0.1, -0.05) is 0 Å². The number of phenols is 1. The average Bonchev–Trinajstić information content (AvgIpc) is 2.69. The molecule has 0 aliphatic carbocycles. The van der Waals surface area contributed by atoms with Crippen LogP contribution >= 0.6 is 0 Å². The Kier molecular flexibility index (Phi) is 4.28. The summed E-state index contributed by atoms with van der Waals surface area (Å²) in [7, 11) is -3.11. The molecule has 0 aromatic heterocycles. The fraction of sp³-hybridized carbons (Fsp3) is 0.500. The quantitative estimate of drug-likeness (QED) is 0.657. The van der Waals surface area contributed by atoms with E-state index >= 15 is 0 Å². The molecule has 19 heavy (non-hydrogen) atoms. The lowest BCUT2D eigenvalue weighted by Gasteiger charge is -2.11. The molecule has 6 nitrogen and oxygen atoms in total. The number of hydrogen-bond acceptors (Lipinski definition) is 5. The predicted molar refractivity (Wildman–Crippen MR) is 71.8 cm³/mol. The number of sulfonamides is 1. The highest BCUT2D eigenvalue weighted by atomic mass is 32.2. The Labute approximate surface area is 112 Å². The molecule has 106 valence electrons. The molecular formula is C12H18N2O4S. The van der Waals surface area contributed by atoms with Crippen molar-refractivity contribution in [2.24, 2.45) is 0 Å². The maximum atomic E-state index is 10.9. The van der Waals surface area contributed by atoms with Crippen LogP contribution in [0.3, 0.4) is 0 Å². The van der Waals surface area contributed by atoms with Gasteiger partial charge in [-0.2, -0.15) is 0 Å². The van der Waals surface area contributed by atoms with Crippen LogP contribution in [0, 0.1) is 0 Å². The molecule has 1 unspecified atom stereocenters. The summed E-state index contributed by atoms with van der Waals surface area (Å²) in [5.41, 5.74) is 1.02. The van der Waals surface area contributed by atoms with Crippen LogP contribution in [0.2, 0.25) is 0 Å². The number of phenolic OH excluding ortho intramolecular Hbond substituents is 1. The van der Waals surface area contributed by atoms with Crippen molar-refractivity contribution in [3.05, 3.63) is 23.8 Å². The number of hydrogen-bond donors (Lipinski definition) is 3. The number of fused-ring (bicyclic) bond motifs is 1. The van der Waals surface area contributed by atoms with E-state index in [0.29, 0.717) is 31.9 Å². The molecule has 1 aliphatic rings. The summed E-state index contributed by atoms with van der Waals surface area (Å²) in [5, 5.41) is 12.6. The van der Waals surface area contributed by atoms with E-state index in [1.807, 2.05) is 6.07 Å². The van der Waals surface area contributed by atoms with Gasteiger partial charge in [0, 0.05) is 18.2 Å². The topological polar surface area (TPSA) is 87.7 Å². The zero-order valence-electron chi connectivity index (χ0n) is 10.7. The molecule has 0 bridgehead atoms. The first-order valence-electron chi connectivity index (χ1n) is 6.09. The normalized spacial score (nSPS) is 18.1. The van der Waals surface area contributed by atoms with Gasteiger partial charge in [0.05, 0.1) is 12.3 Å². The number of rotatable bonds is 6. The van der Waals surface area contributed by atoms with Crippen molar-refractivity contribution in [1.82, 2.24) is 10.0 Å². The van der Waals surface area contributed by atoms with E-state index in [4.69, 9.17) is 4.74 Å². The highest BCUT2D eigenvalue weighted by molar-refractivity contribution is 7.88. The van der Waals surface area contributed by atoms with E-state index in [-0.39, 0.29) is 11.8 Å². The molecule has 0 radical (unpaired) electrons. The lowest BCUT2D eigenvalue weighted by Crippen LogP contribution is -2.28. The van der Waals surface area contributed by atoms with Crippen LogP contribution in [-0.2, 0) is 10.0 Å². The lowest BCUT2D eigenvalue weighted by atomic mass is 10.1. The van der Waals surface area contributed by atoms with Crippen LogP contribution in [0.4, 0.5) is 0 Å². The minimum atomic E-state index is -3.11. The molecule has 1 aliphatic heterocycles. The van der Waals surface area contributed by atoms with Gasteiger partial charge in [-0.3, -0.25) is 0 Å².